The molecule has 0 bridgehead atoms. The van der Waals surface area contributed by atoms with Gasteiger partial charge in [-0.05, 0) is 22.6 Å². The molecule has 1 aromatic heterocycles. The van der Waals surface area contributed by atoms with Gasteiger partial charge in [-0.2, -0.15) is 13.2 Å². The molecule has 0 saturated heterocycles. The molecule has 0 spiro atoms. The molecule has 0 aliphatic rings. The van der Waals surface area contributed by atoms with Crippen molar-refractivity contribution >= 4 is 22.6 Å². The molecule has 0 radical (unpaired) electrons. The van der Waals surface area contributed by atoms with E-state index in [2.05, 4.69) is 4.98 Å². The van der Waals surface area contributed by atoms with Crippen LogP contribution in [0.25, 0.3) is 0 Å². The van der Waals surface area contributed by atoms with Gasteiger partial charge in [-0.15, -0.1) is 0 Å². The van der Waals surface area contributed by atoms with Gasteiger partial charge in [0.25, 0.3) is 6.43 Å². The third kappa shape index (κ3) is 2.47. The highest BCUT2D eigenvalue weighted by Gasteiger charge is 2.37. The van der Waals surface area contributed by atoms with E-state index in [9.17, 15) is 22.0 Å². The van der Waals surface area contributed by atoms with Gasteiger partial charge in [0.15, 0.2) is 11.4 Å². The molecule has 0 atom stereocenters. The highest BCUT2D eigenvalue weighted by molar-refractivity contribution is 14.1. The molecule has 0 unspecified atom stereocenters. The normalized spacial score (nSPS) is 12.2. The van der Waals surface area contributed by atoms with Gasteiger partial charge in [0, 0.05) is 6.20 Å². The van der Waals surface area contributed by atoms with E-state index in [-0.39, 0.29) is 0 Å². The zero-order valence-corrected chi connectivity index (χ0v) is 8.97. The number of nitrogens with zero attached hydrogens (tertiary/aromatic N) is 1. The Bertz CT molecular complexity index is 378. The van der Waals surface area contributed by atoms with Crippen molar-refractivity contribution in [2.24, 2.45) is 0 Å². The fraction of sp³-hybridized carbons (Fsp3) is 0.286. The fourth-order valence-electron chi connectivity index (χ4n) is 0.852. The predicted octanol–water partition coefficient (Wildman–Crippen LogP) is 3.35. The molecule has 8 heteroatoms. The number of alkyl halides is 5. The first-order valence-electron chi connectivity index (χ1n) is 3.48. The molecule has 15 heavy (non-hydrogen) atoms. The Kier molecular flexibility index (Phi) is 3.36. The molecule has 0 aliphatic carbocycles. The Labute approximate surface area is 94.3 Å². The highest BCUT2D eigenvalue weighted by atomic mass is 127. The molecule has 1 heterocycles. The van der Waals surface area contributed by atoms with E-state index in [1.807, 2.05) is 0 Å². The summed E-state index contributed by atoms with van der Waals surface area (Å²) >= 11 is 1.22. The molecule has 0 saturated carbocycles. The van der Waals surface area contributed by atoms with Crippen molar-refractivity contribution in [3.05, 3.63) is 21.0 Å². The number of halogens is 6. The van der Waals surface area contributed by atoms with Gasteiger partial charge in [-0.25, -0.2) is 13.8 Å². The molecule has 1 aromatic rings. The van der Waals surface area contributed by atoms with E-state index in [4.69, 9.17) is 5.11 Å². The summed E-state index contributed by atoms with van der Waals surface area (Å²) in [7, 11) is 0. The Morgan fingerprint density at radius 2 is 1.87 bits per heavy atom. The van der Waals surface area contributed by atoms with Crippen LogP contribution in [0.15, 0.2) is 6.20 Å². The van der Waals surface area contributed by atoms with Crippen LogP contribution in [0.4, 0.5) is 22.0 Å². The third-order valence-electron chi connectivity index (χ3n) is 1.52. The van der Waals surface area contributed by atoms with Gasteiger partial charge >= 0.3 is 6.18 Å². The largest absolute Gasteiger partial charge is 0.505 e. The summed E-state index contributed by atoms with van der Waals surface area (Å²) in [6.45, 7) is 0. The lowest BCUT2D eigenvalue weighted by atomic mass is 10.2. The lowest BCUT2D eigenvalue weighted by Gasteiger charge is -2.11. The van der Waals surface area contributed by atoms with E-state index < -0.39 is 33.2 Å². The Morgan fingerprint density at radius 3 is 2.27 bits per heavy atom. The van der Waals surface area contributed by atoms with Gasteiger partial charge in [0.05, 0.1) is 9.13 Å². The second-order valence-electron chi connectivity index (χ2n) is 2.52. The quantitative estimate of drug-likeness (QED) is 0.629. The average molecular weight is 339 g/mol. The molecule has 1 rings (SSSR count). The van der Waals surface area contributed by atoms with Crippen molar-refractivity contribution in [3.8, 4) is 5.75 Å². The highest BCUT2D eigenvalue weighted by Crippen LogP contribution is 2.39. The molecule has 1 N–H and O–H groups in total. The third-order valence-corrected chi connectivity index (χ3v) is 2.66. The van der Waals surface area contributed by atoms with Crippen LogP contribution in [-0.4, -0.2) is 10.1 Å². The first kappa shape index (κ1) is 12.4. The van der Waals surface area contributed by atoms with Gasteiger partial charge < -0.3 is 5.11 Å². The molecular weight excluding hydrogens is 336 g/mol. The van der Waals surface area contributed by atoms with E-state index in [0.717, 1.165) is 0 Å². The Balaban J connectivity index is 3.34. The maximum Gasteiger partial charge on any atom is 0.437 e. The van der Waals surface area contributed by atoms with Crippen LogP contribution in [0.3, 0.4) is 0 Å². The van der Waals surface area contributed by atoms with Gasteiger partial charge in [-0.3, -0.25) is 0 Å². The van der Waals surface area contributed by atoms with Crippen molar-refractivity contribution in [3.63, 3.8) is 0 Å². The molecule has 0 aliphatic heterocycles. The summed E-state index contributed by atoms with van der Waals surface area (Å²) in [5, 5.41) is 9.04. The monoisotopic (exact) mass is 339 g/mol. The summed E-state index contributed by atoms with van der Waals surface area (Å²) in [6.07, 6.45) is -7.42. The van der Waals surface area contributed by atoms with Crippen molar-refractivity contribution in [1.82, 2.24) is 4.98 Å². The lowest BCUT2D eigenvalue weighted by Crippen LogP contribution is -2.10. The van der Waals surface area contributed by atoms with Crippen LogP contribution < -0.4 is 0 Å². The number of hydrogen-bond acceptors (Lipinski definition) is 2. The number of pyridine rings is 1. The number of hydrogen-bond donors (Lipinski definition) is 1. The average Bonchev–Trinajstić information content (AvgIpc) is 2.06. The predicted molar refractivity (Wildman–Crippen MR) is 48.6 cm³/mol. The first-order chi connectivity index (χ1) is 6.75. The van der Waals surface area contributed by atoms with E-state index in [1.54, 1.807) is 0 Å². The zero-order valence-electron chi connectivity index (χ0n) is 6.82. The van der Waals surface area contributed by atoms with Crippen LogP contribution in [0.5, 0.6) is 5.75 Å². The summed E-state index contributed by atoms with van der Waals surface area (Å²) in [4.78, 5) is 2.77. The Hall–Kier alpha value is -0.670. The van der Waals surface area contributed by atoms with Crippen LogP contribution in [0.1, 0.15) is 17.7 Å². The number of aromatic nitrogens is 1. The van der Waals surface area contributed by atoms with E-state index in [0.29, 0.717) is 6.20 Å². The molecule has 0 aromatic carbocycles. The maximum atomic E-state index is 12.2. The van der Waals surface area contributed by atoms with Crippen LogP contribution in [0, 0.1) is 3.57 Å². The number of rotatable bonds is 1. The summed E-state index contributed by atoms with van der Waals surface area (Å²) < 4.78 is 60.3. The zero-order chi connectivity index (χ0) is 11.8. The van der Waals surface area contributed by atoms with E-state index >= 15 is 0 Å². The molecule has 84 valence electrons. The van der Waals surface area contributed by atoms with Crippen LogP contribution in [0.2, 0.25) is 0 Å². The molecular formula is C7H3F5INO. The summed E-state index contributed by atoms with van der Waals surface area (Å²) in [5.41, 5.74) is -2.28. The Morgan fingerprint density at radius 1 is 1.33 bits per heavy atom. The minimum atomic E-state index is -4.86. The molecule has 0 fully saturated rings. The molecule has 0 amide bonds. The van der Waals surface area contributed by atoms with Crippen LogP contribution in [-0.2, 0) is 6.18 Å². The minimum absolute atomic E-state index is 0.412. The van der Waals surface area contributed by atoms with Crippen molar-refractivity contribution in [1.29, 1.82) is 0 Å². The van der Waals surface area contributed by atoms with Crippen molar-refractivity contribution < 1.29 is 27.1 Å². The molecule has 2 nitrogen and oxygen atoms in total. The summed E-state index contributed by atoms with van der Waals surface area (Å²) in [5.74, 6) is -1.26. The topological polar surface area (TPSA) is 33.1 Å². The second-order valence-corrected chi connectivity index (χ2v) is 3.60. The smallest absolute Gasteiger partial charge is 0.437 e. The standard InChI is InChI=1S/C7H3F5INO/c8-6(9)2-1-14-5(7(10,11)12)4(15)3(2)13/h1,6,15H. The summed E-state index contributed by atoms with van der Waals surface area (Å²) in [6, 6.07) is 0. The fourth-order valence-corrected chi connectivity index (χ4v) is 1.48. The number of aromatic hydroxyl groups is 1. The SMILES string of the molecule is Oc1c(C(F)(F)F)ncc(C(F)F)c1I. The van der Waals surface area contributed by atoms with Gasteiger partial charge in [0.1, 0.15) is 0 Å². The van der Waals surface area contributed by atoms with Gasteiger partial charge in [0.2, 0.25) is 0 Å². The second kappa shape index (κ2) is 4.06. The van der Waals surface area contributed by atoms with E-state index in [1.165, 1.54) is 22.6 Å². The van der Waals surface area contributed by atoms with Crippen molar-refractivity contribution in [2.45, 2.75) is 12.6 Å². The maximum absolute atomic E-state index is 12.2. The van der Waals surface area contributed by atoms with Crippen LogP contribution >= 0.6 is 22.6 Å². The van der Waals surface area contributed by atoms with Gasteiger partial charge in [-0.1, -0.05) is 0 Å². The van der Waals surface area contributed by atoms with Crippen molar-refractivity contribution in [2.75, 3.05) is 0 Å². The first-order valence-corrected chi connectivity index (χ1v) is 4.55. The lowest BCUT2D eigenvalue weighted by molar-refractivity contribution is -0.142. The minimum Gasteiger partial charge on any atom is -0.505 e.